The van der Waals surface area contributed by atoms with Gasteiger partial charge in [-0.15, -0.1) is 13.2 Å². The first-order valence-corrected chi connectivity index (χ1v) is 10.8. The minimum absolute atomic E-state index is 0.106. The largest absolute Gasteiger partial charge is 0.573 e. The van der Waals surface area contributed by atoms with Crippen LogP contribution in [0.2, 0.25) is 5.02 Å². The molecule has 34 heavy (non-hydrogen) atoms. The Kier molecular flexibility index (Phi) is 5.92. The maximum absolute atomic E-state index is 12.5. The number of ether oxygens (including phenoxy) is 3. The first kappa shape index (κ1) is 22.6. The molecule has 0 aliphatic carbocycles. The van der Waals surface area contributed by atoms with Crippen molar-refractivity contribution in [2.45, 2.75) is 45.3 Å². The highest BCUT2D eigenvalue weighted by Crippen LogP contribution is 2.34. The lowest BCUT2D eigenvalue weighted by molar-refractivity contribution is -0.377. The summed E-state index contributed by atoms with van der Waals surface area (Å²) >= 11 is 5.93. The SMILES string of the molecule is CC1OC(CCCn2ncc3c(-c4noc(-c5ccc(OC(F)(F)F)c(Cl)c5)n4)cccc32)O1. The molecule has 0 saturated carbocycles. The van der Waals surface area contributed by atoms with E-state index < -0.39 is 12.1 Å². The van der Waals surface area contributed by atoms with Crippen molar-refractivity contribution in [1.82, 2.24) is 19.9 Å². The number of fused-ring (bicyclic) bond motifs is 1. The predicted octanol–water partition coefficient (Wildman–Crippen LogP) is 5.80. The van der Waals surface area contributed by atoms with E-state index >= 15 is 0 Å². The number of nitrogens with zero attached hydrogens (tertiary/aromatic N) is 4. The number of benzene rings is 2. The van der Waals surface area contributed by atoms with Crippen molar-refractivity contribution in [1.29, 1.82) is 0 Å². The van der Waals surface area contributed by atoms with Crippen LogP contribution in [-0.2, 0) is 16.0 Å². The lowest BCUT2D eigenvalue weighted by Gasteiger charge is -2.33. The molecule has 0 atom stereocenters. The Morgan fingerprint density at radius 2 is 2.00 bits per heavy atom. The van der Waals surface area contributed by atoms with Gasteiger partial charge in [-0.25, -0.2) is 0 Å². The lowest BCUT2D eigenvalue weighted by Crippen LogP contribution is -2.38. The molecule has 5 rings (SSSR count). The van der Waals surface area contributed by atoms with Crippen LogP contribution >= 0.6 is 11.6 Å². The zero-order valence-electron chi connectivity index (χ0n) is 17.8. The fraction of sp³-hybridized carbons (Fsp3) is 0.318. The van der Waals surface area contributed by atoms with Crippen LogP contribution in [0.25, 0.3) is 33.7 Å². The van der Waals surface area contributed by atoms with E-state index in [1.165, 1.54) is 12.1 Å². The molecule has 2 aromatic heterocycles. The lowest BCUT2D eigenvalue weighted by atomic mass is 10.1. The van der Waals surface area contributed by atoms with Crippen LogP contribution in [0.5, 0.6) is 5.75 Å². The zero-order chi connectivity index (χ0) is 23.9. The van der Waals surface area contributed by atoms with Crippen molar-refractivity contribution in [3.8, 4) is 28.6 Å². The first-order valence-electron chi connectivity index (χ1n) is 10.4. The Bertz CT molecular complexity index is 1320. The van der Waals surface area contributed by atoms with Gasteiger partial charge in [-0.05, 0) is 37.6 Å². The minimum atomic E-state index is -4.84. The molecule has 178 valence electrons. The van der Waals surface area contributed by atoms with E-state index in [9.17, 15) is 13.2 Å². The van der Waals surface area contributed by atoms with Crippen molar-refractivity contribution in [2.75, 3.05) is 0 Å². The Morgan fingerprint density at radius 3 is 2.74 bits per heavy atom. The minimum Gasteiger partial charge on any atom is -0.404 e. The molecule has 0 amide bonds. The highest BCUT2D eigenvalue weighted by Gasteiger charge is 2.32. The number of aryl methyl sites for hydroxylation is 1. The zero-order valence-corrected chi connectivity index (χ0v) is 18.5. The van der Waals surface area contributed by atoms with Gasteiger partial charge in [0.05, 0.1) is 16.7 Å². The number of alkyl halides is 3. The molecule has 12 heteroatoms. The van der Waals surface area contributed by atoms with Crippen LogP contribution in [0.3, 0.4) is 0 Å². The summed E-state index contributed by atoms with van der Waals surface area (Å²) in [7, 11) is 0. The summed E-state index contributed by atoms with van der Waals surface area (Å²) in [5.41, 5.74) is 1.97. The van der Waals surface area contributed by atoms with E-state index in [-0.39, 0.29) is 23.5 Å². The predicted molar refractivity (Wildman–Crippen MR) is 115 cm³/mol. The molecule has 1 fully saturated rings. The molecule has 0 unspecified atom stereocenters. The van der Waals surface area contributed by atoms with E-state index in [0.717, 1.165) is 29.8 Å². The Morgan fingerprint density at radius 1 is 1.18 bits per heavy atom. The van der Waals surface area contributed by atoms with E-state index in [1.54, 1.807) is 6.20 Å². The Labute approximate surface area is 196 Å². The summed E-state index contributed by atoms with van der Waals surface area (Å²) in [6, 6.07) is 9.39. The summed E-state index contributed by atoms with van der Waals surface area (Å²) in [6.07, 6.45) is -1.80. The highest BCUT2D eigenvalue weighted by atomic mass is 35.5. The third-order valence-electron chi connectivity index (χ3n) is 5.26. The highest BCUT2D eigenvalue weighted by molar-refractivity contribution is 6.32. The van der Waals surface area contributed by atoms with Crippen molar-refractivity contribution in [3.05, 3.63) is 47.6 Å². The molecule has 4 aromatic rings. The standard InChI is InChI=1S/C22H18ClF3N4O4/c1-12-31-19(32-12)6-3-9-30-17-5-2-4-14(15(17)11-27-30)20-28-21(34-29-20)13-7-8-18(16(23)10-13)33-22(24,25)26/h2,4-5,7-8,10-12,19H,3,6,9H2,1H3. The fourth-order valence-electron chi connectivity index (χ4n) is 3.75. The average molecular weight is 495 g/mol. The molecule has 3 heterocycles. The van der Waals surface area contributed by atoms with Crippen LogP contribution in [-0.4, -0.2) is 38.9 Å². The molecule has 0 radical (unpaired) electrons. The number of aromatic nitrogens is 4. The average Bonchev–Trinajstić information content (AvgIpc) is 3.41. The monoisotopic (exact) mass is 494 g/mol. The fourth-order valence-corrected chi connectivity index (χ4v) is 3.97. The molecule has 8 nitrogen and oxygen atoms in total. The second-order valence-electron chi connectivity index (χ2n) is 7.63. The van der Waals surface area contributed by atoms with E-state index in [0.29, 0.717) is 23.5 Å². The number of hydrogen-bond donors (Lipinski definition) is 0. The van der Waals surface area contributed by atoms with Gasteiger partial charge >= 0.3 is 6.36 Å². The van der Waals surface area contributed by atoms with Crippen molar-refractivity contribution in [2.24, 2.45) is 0 Å². The number of rotatable bonds is 7. The second kappa shape index (κ2) is 8.90. The normalized spacial score (nSPS) is 18.3. The van der Waals surface area contributed by atoms with E-state index in [2.05, 4.69) is 20.0 Å². The van der Waals surface area contributed by atoms with Gasteiger partial charge in [0.1, 0.15) is 5.75 Å². The summed E-state index contributed by atoms with van der Waals surface area (Å²) < 4.78 is 59.4. The molecule has 1 saturated heterocycles. The van der Waals surface area contributed by atoms with Crippen LogP contribution in [0.4, 0.5) is 13.2 Å². The van der Waals surface area contributed by atoms with Gasteiger partial charge in [0.15, 0.2) is 12.6 Å². The van der Waals surface area contributed by atoms with Gasteiger partial charge in [-0.2, -0.15) is 10.1 Å². The number of hydrogen-bond acceptors (Lipinski definition) is 7. The summed E-state index contributed by atoms with van der Waals surface area (Å²) in [5, 5.41) is 9.12. The van der Waals surface area contributed by atoms with Crippen molar-refractivity contribution >= 4 is 22.5 Å². The summed E-state index contributed by atoms with van der Waals surface area (Å²) in [6.45, 7) is 2.54. The molecule has 1 aliphatic heterocycles. The summed E-state index contributed by atoms with van der Waals surface area (Å²) in [4.78, 5) is 4.40. The van der Waals surface area contributed by atoms with Gasteiger partial charge in [0.25, 0.3) is 5.89 Å². The Balaban J connectivity index is 1.34. The van der Waals surface area contributed by atoms with Crippen LogP contribution in [0.1, 0.15) is 19.8 Å². The van der Waals surface area contributed by atoms with Gasteiger partial charge in [-0.3, -0.25) is 4.68 Å². The first-order chi connectivity index (χ1) is 16.3. The maximum Gasteiger partial charge on any atom is 0.573 e. The van der Waals surface area contributed by atoms with Gasteiger partial charge in [0.2, 0.25) is 5.82 Å². The molecule has 0 N–H and O–H groups in total. The number of halogens is 4. The van der Waals surface area contributed by atoms with Gasteiger partial charge in [-0.1, -0.05) is 28.9 Å². The third-order valence-corrected chi connectivity index (χ3v) is 5.55. The molecule has 0 spiro atoms. The van der Waals surface area contributed by atoms with Crippen molar-refractivity contribution < 1.29 is 31.9 Å². The van der Waals surface area contributed by atoms with Crippen molar-refractivity contribution in [3.63, 3.8) is 0 Å². The van der Waals surface area contributed by atoms with E-state index in [4.69, 9.17) is 25.6 Å². The van der Waals surface area contributed by atoms with Crippen LogP contribution in [0.15, 0.2) is 47.1 Å². The molecule has 1 aliphatic rings. The second-order valence-corrected chi connectivity index (χ2v) is 8.04. The van der Waals surface area contributed by atoms with Crippen LogP contribution < -0.4 is 4.74 Å². The Hall–Kier alpha value is -3.15. The smallest absolute Gasteiger partial charge is 0.404 e. The van der Waals surface area contributed by atoms with Crippen LogP contribution in [0, 0.1) is 0 Å². The van der Waals surface area contributed by atoms with Gasteiger partial charge in [0, 0.05) is 29.5 Å². The topological polar surface area (TPSA) is 84.4 Å². The molecule has 2 aromatic carbocycles. The summed E-state index contributed by atoms with van der Waals surface area (Å²) in [5.74, 6) is -0.0912. The van der Waals surface area contributed by atoms with Gasteiger partial charge < -0.3 is 18.7 Å². The maximum atomic E-state index is 12.5. The quantitative estimate of drug-likeness (QED) is 0.321. The molecule has 0 bridgehead atoms. The van der Waals surface area contributed by atoms with E-state index in [1.807, 2.05) is 29.8 Å². The molecular weight excluding hydrogens is 477 g/mol. The molecular formula is C22H18ClF3N4O4. The third kappa shape index (κ3) is 4.72.